The van der Waals surface area contributed by atoms with E-state index in [1.165, 1.54) is 19.4 Å². The summed E-state index contributed by atoms with van der Waals surface area (Å²) in [7, 11) is 0. The molecule has 5 nitrogen and oxygen atoms in total. The van der Waals surface area contributed by atoms with Crippen LogP contribution in [0.2, 0.25) is 0 Å². The zero-order valence-electron chi connectivity index (χ0n) is 13.1. The SMILES string of the molecule is CCCc1nc(CN(CC2CCCNC2)C(C)C)no1. The summed E-state index contributed by atoms with van der Waals surface area (Å²) >= 11 is 0. The molecule has 1 aliphatic heterocycles. The van der Waals surface area contributed by atoms with E-state index >= 15 is 0 Å². The topological polar surface area (TPSA) is 54.2 Å². The molecule has 1 saturated heterocycles. The standard InChI is InChI=1S/C15H28N4O/c1-4-6-15-17-14(18-20-15)11-19(12(2)3)10-13-7-5-8-16-9-13/h12-13,16H,4-11H2,1-3H3. The first kappa shape index (κ1) is 15.4. The first-order chi connectivity index (χ1) is 9.69. The zero-order chi connectivity index (χ0) is 14.4. The fraction of sp³-hybridized carbons (Fsp3) is 0.867. The Morgan fingerprint density at radius 3 is 2.95 bits per heavy atom. The molecular weight excluding hydrogens is 252 g/mol. The lowest BCUT2D eigenvalue weighted by molar-refractivity contribution is 0.158. The van der Waals surface area contributed by atoms with Crippen molar-refractivity contribution < 1.29 is 4.52 Å². The van der Waals surface area contributed by atoms with Crippen LogP contribution in [0.4, 0.5) is 0 Å². The highest BCUT2D eigenvalue weighted by molar-refractivity contribution is 4.88. The first-order valence-electron chi connectivity index (χ1n) is 7.95. The minimum absolute atomic E-state index is 0.505. The minimum Gasteiger partial charge on any atom is -0.339 e. The van der Waals surface area contributed by atoms with Gasteiger partial charge in [-0.3, -0.25) is 4.90 Å². The second kappa shape index (κ2) is 7.74. The summed E-state index contributed by atoms with van der Waals surface area (Å²) in [5, 5.41) is 7.59. The summed E-state index contributed by atoms with van der Waals surface area (Å²) in [6, 6.07) is 0.505. The van der Waals surface area contributed by atoms with Crippen molar-refractivity contribution in [2.75, 3.05) is 19.6 Å². The maximum Gasteiger partial charge on any atom is 0.226 e. The lowest BCUT2D eigenvalue weighted by Gasteiger charge is -2.31. The molecular formula is C15H28N4O. The molecule has 1 aromatic heterocycles. The molecule has 114 valence electrons. The maximum atomic E-state index is 5.28. The molecule has 0 spiro atoms. The highest BCUT2D eigenvalue weighted by Gasteiger charge is 2.20. The van der Waals surface area contributed by atoms with E-state index in [9.17, 15) is 0 Å². The van der Waals surface area contributed by atoms with E-state index in [0.29, 0.717) is 6.04 Å². The molecule has 2 heterocycles. The van der Waals surface area contributed by atoms with Crippen LogP contribution in [0.5, 0.6) is 0 Å². The molecule has 1 fully saturated rings. The molecule has 1 atom stereocenters. The van der Waals surface area contributed by atoms with E-state index in [2.05, 4.69) is 41.1 Å². The van der Waals surface area contributed by atoms with Gasteiger partial charge in [-0.05, 0) is 52.1 Å². The summed E-state index contributed by atoms with van der Waals surface area (Å²) in [5.74, 6) is 2.34. The summed E-state index contributed by atoms with van der Waals surface area (Å²) in [6.07, 6.45) is 4.54. The molecule has 1 N–H and O–H groups in total. The van der Waals surface area contributed by atoms with Crippen molar-refractivity contribution in [1.82, 2.24) is 20.4 Å². The van der Waals surface area contributed by atoms with Gasteiger partial charge in [0.1, 0.15) is 0 Å². The van der Waals surface area contributed by atoms with Gasteiger partial charge in [0.2, 0.25) is 5.89 Å². The van der Waals surface area contributed by atoms with Crippen molar-refractivity contribution in [2.24, 2.45) is 5.92 Å². The number of piperidine rings is 1. The molecule has 2 rings (SSSR count). The molecule has 20 heavy (non-hydrogen) atoms. The van der Waals surface area contributed by atoms with E-state index in [-0.39, 0.29) is 0 Å². The van der Waals surface area contributed by atoms with Gasteiger partial charge in [0, 0.05) is 19.0 Å². The van der Waals surface area contributed by atoms with E-state index in [1.54, 1.807) is 0 Å². The molecule has 1 unspecified atom stereocenters. The van der Waals surface area contributed by atoms with Gasteiger partial charge in [0.25, 0.3) is 0 Å². The van der Waals surface area contributed by atoms with Crippen LogP contribution in [0.15, 0.2) is 4.52 Å². The quantitative estimate of drug-likeness (QED) is 0.830. The van der Waals surface area contributed by atoms with Gasteiger partial charge >= 0.3 is 0 Å². The largest absolute Gasteiger partial charge is 0.339 e. The van der Waals surface area contributed by atoms with Crippen molar-refractivity contribution in [3.8, 4) is 0 Å². The first-order valence-corrected chi connectivity index (χ1v) is 7.95. The maximum absolute atomic E-state index is 5.28. The van der Waals surface area contributed by atoms with E-state index in [1.807, 2.05) is 0 Å². The lowest BCUT2D eigenvalue weighted by atomic mass is 9.98. The number of aryl methyl sites for hydroxylation is 1. The average Bonchev–Trinajstić information content (AvgIpc) is 2.87. The zero-order valence-corrected chi connectivity index (χ0v) is 13.1. The Kier molecular flexibility index (Phi) is 5.98. The third-order valence-electron chi connectivity index (χ3n) is 3.94. The van der Waals surface area contributed by atoms with Crippen molar-refractivity contribution in [2.45, 2.75) is 59.0 Å². The smallest absolute Gasteiger partial charge is 0.226 e. The molecule has 0 aliphatic carbocycles. The molecule has 0 saturated carbocycles. The van der Waals surface area contributed by atoms with Crippen LogP contribution in [0.3, 0.4) is 0 Å². The van der Waals surface area contributed by atoms with Crippen LogP contribution in [0.1, 0.15) is 51.7 Å². The van der Waals surface area contributed by atoms with Gasteiger partial charge in [-0.25, -0.2) is 0 Å². The number of hydrogen-bond donors (Lipinski definition) is 1. The van der Waals surface area contributed by atoms with Crippen LogP contribution in [0.25, 0.3) is 0 Å². The Labute approximate surface area is 122 Å². The van der Waals surface area contributed by atoms with E-state index in [0.717, 1.165) is 50.1 Å². The Morgan fingerprint density at radius 2 is 2.30 bits per heavy atom. The van der Waals surface area contributed by atoms with Gasteiger partial charge in [-0.1, -0.05) is 12.1 Å². The average molecular weight is 280 g/mol. The summed E-state index contributed by atoms with van der Waals surface area (Å²) in [6.45, 7) is 10.8. The second-order valence-corrected chi connectivity index (χ2v) is 6.09. The number of hydrogen-bond acceptors (Lipinski definition) is 5. The van der Waals surface area contributed by atoms with Crippen LogP contribution < -0.4 is 5.32 Å². The summed E-state index contributed by atoms with van der Waals surface area (Å²) < 4.78 is 5.28. The van der Waals surface area contributed by atoms with Crippen molar-refractivity contribution in [1.29, 1.82) is 0 Å². The summed E-state index contributed by atoms with van der Waals surface area (Å²) in [5.41, 5.74) is 0. The van der Waals surface area contributed by atoms with Crippen LogP contribution >= 0.6 is 0 Å². The number of rotatable bonds is 7. The Balaban J connectivity index is 1.90. The van der Waals surface area contributed by atoms with Crippen LogP contribution in [0, 0.1) is 5.92 Å². The lowest BCUT2D eigenvalue weighted by Crippen LogP contribution is -2.41. The molecule has 0 radical (unpaired) electrons. The van der Waals surface area contributed by atoms with E-state index in [4.69, 9.17) is 4.52 Å². The van der Waals surface area contributed by atoms with Crippen molar-refractivity contribution in [3.63, 3.8) is 0 Å². The van der Waals surface area contributed by atoms with Crippen molar-refractivity contribution >= 4 is 0 Å². The fourth-order valence-electron chi connectivity index (χ4n) is 2.72. The Hall–Kier alpha value is -0.940. The predicted molar refractivity (Wildman–Crippen MR) is 79.4 cm³/mol. The normalized spacial score (nSPS) is 19.9. The highest BCUT2D eigenvalue weighted by atomic mass is 16.5. The molecule has 0 aromatic carbocycles. The molecule has 1 aromatic rings. The highest BCUT2D eigenvalue weighted by Crippen LogP contribution is 2.15. The monoisotopic (exact) mass is 280 g/mol. The predicted octanol–water partition coefficient (Wildman–Crippen LogP) is 2.23. The van der Waals surface area contributed by atoms with E-state index < -0.39 is 0 Å². The van der Waals surface area contributed by atoms with Crippen molar-refractivity contribution in [3.05, 3.63) is 11.7 Å². The van der Waals surface area contributed by atoms with Gasteiger partial charge in [-0.15, -0.1) is 0 Å². The molecule has 0 amide bonds. The minimum atomic E-state index is 0.505. The molecule has 1 aliphatic rings. The van der Waals surface area contributed by atoms with Crippen LogP contribution in [-0.4, -0.2) is 40.7 Å². The third-order valence-corrected chi connectivity index (χ3v) is 3.94. The van der Waals surface area contributed by atoms with Gasteiger partial charge in [-0.2, -0.15) is 4.98 Å². The summed E-state index contributed by atoms with van der Waals surface area (Å²) in [4.78, 5) is 6.94. The molecule has 0 bridgehead atoms. The molecule has 5 heteroatoms. The number of aromatic nitrogens is 2. The van der Waals surface area contributed by atoms with Crippen LogP contribution in [-0.2, 0) is 13.0 Å². The van der Waals surface area contributed by atoms with Gasteiger partial charge in [0.05, 0.1) is 6.54 Å². The second-order valence-electron chi connectivity index (χ2n) is 6.09. The van der Waals surface area contributed by atoms with Gasteiger partial charge in [0.15, 0.2) is 5.82 Å². The third kappa shape index (κ3) is 4.56. The Morgan fingerprint density at radius 1 is 1.45 bits per heavy atom. The van der Waals surface area contributed by atoms with Gasteiger partial charge < -0.3 is 9.84 Å². The fourth-order valence-corrected chi connectivity index (χ4v) is 2.72. The number of nitrogens with one attached hydrogen (secondary N) is 1. The number of nitrogens with zero attached hydrogens (tertiary/aromatic N) is 3. The Bertz CT molecular complexity index is 385.